The Balaban J connectivity index is 2.21. The molecule has 0 saturated heterocycles. The van der Waals surface area contributed by atoms with Gasteiger partial charge in [-0.15, -0.1) is 0 Å². The van der Waals surface area contributed by atoms with Gasteiger partial charge in [0.1, 0.15) is 0 Å². The van der Waals surface area contributed by atoms with Crippen LogP contribution in [0.15, 0.2) is 60.8 Å². The Morgan fingerprint density at radius 1 is 0.944 bits per heavy atom. The second-order valence-electron chi connectivity index (χ2n) is 4.37. The standard InChI is InChI=1S/C16H13NO/c1-17-11-10-12-8-5-9-14(15(12)17)16(18)13-6-3-2-4-7-13/h2-11H,1H3. The smallest absolute Gasteiger partial charge is 0.195 e. The third kappa shape index (κ3) is 1.63. The fourth-order valence-corrected chi connectivity index (χ4v) is 2.28. The van der Waals surface area contributed by atoms with Gasteiger partial charge in [0, 0.05) is 29.8 Å². The summed E-state index contributed by atoms with van der Waals surface area (Å²) >= 11 is 0. The van der Waals surface area contributed by atoms with Crippen molar-refractivity contribution in [1.29, 1.82) is 0 Å². The summed E-state index contributed by atoms with van der Waals surface area (Å²) in [6, 6.07) is 17.3. The molecule has 2 aromatic carbocycles. The molecule has 0 fully saturated rings. The molecular weight excluding hydrogens is 222 g/mol. The average Bonchev–Trinajstić information content (AvgIpc) is 2.81. The van der Waals surface area contributed by atoms with Crippen LogP contribution in [0.3, 0.4) is 0 Å². The molecule has 0 amide bonds. The minimum absolute atomic E-state index is 0.0722. The van der Waals surface area contributed by atoms with E-state index in [0.29, 0.717) is 0 Å². The Morgan fingerprint density at radius 2 is 1.72 bits per heavy atom. The average molecular weight is 235 g/mol. The normalized spacial score (nSPS) is 10.7. The van der Waals surface area contributed by atoms with Crippen LogP contribution in [-0.4, -0.2) is 10.4 Å². The lowest BCUT2D eigenvalue weighted by Crippen LogP contribution is -2.03. The summed E-state index contributed by atoms with van der Waals surface area (Å²) in [5.74, 6) is 0.0722. The fraction of sp³-hybridized carbons (Fsp3) is 0.0625. The van der Waals surface area contributed by atoms with Crippen LogP contribution in [0.1, 0.15) is 15.9 Å². The van der Waals surface area contributed by atoms with Gasteiger partial charge in [-0.05, 0) is 12.1 Å². The lowest BCUT2D eigenvalue weighted by atomic mass is 10.0. The first-order valence-corrected chi connectivity index (χ1v) is 5.91. The van der Waals surface area contributed by atoms with E-state index in [-0.39, 0.29) is 5.78 Å². The summed E-state index contributed by atoms with van der Waals surface area (Å²) in [6.45, 7) is 0. The Morgan fingerprint density at radius 3 is 2.50 bits per heavy atom. The molecule has 1 heterocycles. The van der Waals surface area contributed by atoms with E-state index in [1.165, 1.54) is 0 Å². The van der Waals surface area contributed by atoms with Crippen LogP contribution in [-0.2, 0) is 7.05 Å². The number of ketones is 1. The maximum Gasteiger partial charge on any atom is 0.195 e. The SMILES string of the molecule is Cn1ccc2cccc(C(=O)c3ccccc3)c21. The van der Waals surface area contributed by atoms with Gasteiger partial charge in [-0.2, -0.15) is 0 Å². The molecule has 0 aliphatic rings. The molecule has 0 bridgehead atoms. The van der Waals surface area contributed by atoms with E-state index < -0.39 is 0 Å². The summed E-state index contributed by atoms with van der Waals surface area (Å²) in [7, 11) is 1.96. The van der Waals surface area contributed by atoms with Gasteiger partial charge in [0.05, 0.1) is 5.52 Å². The van der Waals surface area contributed by atoms with Gasteiger partial charge < -0.3 is 4.57 Å². The number of fused-ring (bicyclic) bond motifs is 1. The molecule has 1 aromatic heterocycles. The zero-order chi connectivity index (χ0) is 12.5. The van der Waals surface area contributed by atoms with E-state index in [1.807, 2.05) is 72.4 Å². The van der Waals surface area contributed by atoms with Gasteiger partial charge >= 0.3 is 0 Å². The van der Waals surface area contributed by atoms with Crippen molar-refractivity contribution in [2.24, 2.45) is 7.05 Å². The number of nitrogens with zero attached hydrogens (tertiary/aromatic N) is 1. The molecule has 0 N–H and O–H groups in total. The summed E-state index contributed by atoms with van der Waals surface area (Å²) in [5.41, 5.74) is 2.48. The summed E-state index contributed by atoms with van der Waals surface area (Å²) in [5, 5.41) is 1.10. The topological polar surface area (TPSA) is 22.0 Å². The van der Waals surface area contributed by atoms with Crippen LogP contribution in [0.2, 0.25) is 0 Å². The highest BCUT2D eigenvalue weighted by Crippen LogP contribution is 2.21. The van der Waals surface area contributed by atoms with Crippen LogP contribution in [0.4, 0.5) is 0 Å². The van der Waals surface area contributed by atoms with E-state index in [1.54, 1.807) is 0 Å². The number of aryl methyl sites for hydroxylation is 1. The van der Waals surface area contributed by atoms with E-state index in [9.17, 15) is 4.79 Å². The van der Waals surface area contributed by atoms with E-state index in [0.717, 1.165) is 22.0 Å². The Labute approximate surface area is 105 Å². The van der Waals surface area contributed by atoms with E-state index >= 15 is 0 Å². The highest BCUT2D eigenvalue weighted by Gasteiger charge is 2.13. The van der Waals surface area contributed by atoms with Crippen molar-refractivity contribution in [3.63, 3.8) is 0 Å². The number of hydrogen-bond donors (Lipinski definition) is 0. The predicted octanol–water partition coefficient (Wildman–Crippen LogP) is 3.41. The van der Waals surface area contributed by atoms with Crippen molar-refractivity contribution in [3.8, 4) is 0 Å². The quantitative estimate of drug-likeness (QED) is 0.624. The van der Waals surface area contributed by atoms with Crippen LogP contribution < -0.4 is 0 Å². The van der Waals surface area contributed by atoms with Crippen LogP contribution in [0.25, 0.3) is 10.9 Å². The largest absolute Gasteiger partial charge is 0.350 e. The van der Waals surface area contributed by atoms with Gasteiger partial charge in [-0.3, -0.25) is 4.79 Å². The van der Waals surface area contributed by atoms with E-state index in [2.05, 4.69) is 0 Å². The summed E-state index contributed by atoms with van der Waals surface area (Å²) in [6.07, 6.45) is 1.98. The zero-order valence-corrected chi connectivity index (χ0v) is 10.1. The number of benzene rings is 2. The van der Waals surface area contributed by atoms with Gasteiger partial charge in [0.25, 0.3) is 0 Å². The number of para-hydroxylation sites is 1. The zero-order valence-electron chi connectivity index (χ0n) is 10.1. The second kappa shape index (κ2) is 4.15. The highest BCUT2D eigenvalue weighted by atomic mass is 16.1. The van der Waals surface area contributed by atoms with Gasteiger partial charge in [-0.25, -0.2) is 0 Å². The molecule has 0 aliphatic carbocycles. The van der Waals surface area contributed by atoms with Gasteiger partial charge in [-0.1, -0.05) is 42.5 Å². The number of carbonyl (C=O) groups is 1. The minimum atomic E-state index is 0.0722. The first-order chi connectivity index (χ1) is 8.77. The minimum Gasteiger partial charge on any atom is -0.350 e. The molecule has 3 aromatic rings. The summed E-state index contributed by atoms with van der Waals surface area (Å²) in [4.78, 5) is 12.5. The summed E-state index contributed by atoms with van der Waals surface area (Å²) < 4.78 is 1.99. The second-order valence-corrected chi connectivity index (χ2v) is 4.37. The third-order valence-corrected chi connectivity index (χ3v) is 3.18. The first-order valence-electron chi connectivity index (χ1n) is 5.91. The molecule has 3 rings (SSSR count). The number of rotatable bonds is 2. The monoisotopic (exact) mass is 235 g/mol. The molecule has 0 aliphatic heterocycles. The van der Waals surface area contributed by atoms with Crippen molar-refractivity contribution in [2.75, 3.05) is 0 Å². The lowest BCUT2D eigenvalue weighted by molar-refractivity contribution is 0.104. The first kappa shape index (κ1) is 10.8. The fourth-order valence-electron chi connectivity index (χ4n) is 2.28. The molecule has 0 radical (unpaired) electrons. The molecule has 18 heavy (non-hydrogen) atoms. The lowest BCUT2D eigenvalue weighted by Gasteiger charge is -2.05. The van der Waals surface area contributed by atoms with Crippen molar-refractivity contribution in [1.82, 2.24) is 4.57 Å². The molecule has 2 heteroatoms. The van der Waals surface area contributed by atoms with Crippen LogP contribution >= 0.6 is 0 Å². The number of aromatic nitrogens is 1. The highest BCUT2D eigenvalue weighted by molar-refractivity contribution is 6.15. The van der Waals surface area contributed by atoms with E-state index in [4.69, 9.17) is 0 Å². The van der Waals surface area contributed by atoms with Crippen molar-refractivity contribution < 1.29 is 4.79 Å². The van der Waals surface area contributed by atoms with Gasteiger partial charge in [0.2, 0.25) is 0 Å². The Bertz CT molecular complexity index is 710. The molecule has 0 atom stereocenters. The molecule has 0 saturated carbocycles. The van der Waals surface area contributed by atoms with Crippen LogP contribution in [0, 0.1) is 0 Å². The van der Waals surface area contributed by atoms with Crippen molar-refractivity contribution in [3.05, 3.63) is 71.9 Å². The maximum atomic E-state index is 12.5. The van der Waals surface area contributed by atoms with Crippen LogP contribution in [0.5, 0.6) is 0 Å². The molecule has 0 spiro atoms. The number of hydrogen-bond acceptors (Lipinski definition) is 1. The Kier molecular flexibility index (Phi) is 2.49. The Hall–Kier alpha value is -2.35. The van der Waals surface area contributed by atoms with Crippen molar-refractivity contribution in [2.45, 2.75) is 0 Å². The molecule has 0 unspecified atom stereocenters. The number of carbonyl (C=O) groups excluding carboxylic acids is 1. The van der Waals surface area contributed by atoms with Gasteiger partial charge in [0.15, 0.2) is 5.78 Å². The maximum absolute atomic E-state index is 12.5. The molecule has 88 valence electrons. The molecule has 2 nitrogen and oxygen atoms in total. The molecular formula is C16H13NO. The van der Waals surface area contributed by atoms with Crippen molar-refractivity contribution >= 4 is 16.7 Å². The third-order valence-electron chi connectivity index (χ3n) is 3.18. The predicted molar refractivity (Wildman–Crippen MR) is 72.8 cm³/mol.